The maximum Gasteiger partial charge on any atom is 0.221 e. The van der Waals surface area contributed by atoms with E-state index in [9.17, 15) is 9.59 Å². The number of carbonyl (C=O) groups is 2. The van der Waals surface area contributed by atoms with Crippen LogP contribution in [0.25, 0.3) is 0 Å². The van der Waals surface area contributed by atoms with Crippen LogP contribution in [0.3, 0.4) is 0 Å². The van der Waals surface area contributed by atoms with Gasteiger partial charge in [0, 0.05) is 31.2 Å². The van der Waals surface area contributed by atoms with Crippen molar-refractivity contribution in [3.63, 3.8) is 0 Å². The lowest BCUT2D eigenvalue weighted by molar-refractivity contribution is -0.114. The van der Waals surface area contributed by atoms with Crippen LogP contribution >= 0.6 is 0 Å². The smallest absolute Gasteiger partial charge is 0.221 e. The van der Waals surface area contributed by atoms with Crippen LogP contribution in [-0.4, -0.2) is 23.4 Å². The Hall–Kier alpha value is -1.68. The van der Waals surface area contributed by atoms with Gasteiger partial charge in [0.25, 0.3) is 0 Å². The molecule has 16 heavy (non-hydrogen) atoms. The fourth-order valence-electron chi connectivity index (χ4n) is 1.36. The summed E-state index contributed by atoms with van der Waals surface area (Å²) in [4.78, 5) is 22.5. The lowest BCUT2D eigenvalue weighted by Gasteiger charge is -2.04. The second-order valence-corrected chi connectivity index (χ2v) is 3.51. The van der Waals surface area contributed by atoms with E-state index in [1.165, 1.54) is 6.92 Å². The normalized spacial score (nSPS) is 9.88. The first-order chi connectivity index (χ1) is 7.63. The molecule has 0 aliphatic rings. The van der Waals surface area contributed by atoms with E-state index in [1.54, 1.807) is 24.3 Å². The van der Waals surface area contributed by atoms with Crippen molar-refractivity contribution in [3.8, 4) is 0 Å². The van der Waals surface area contributed by atoms with Crippen molar-refractivity contribution in [3.05, 3.63) is 29.8 Å². The molecule has 0 aliphatic carbocycles. The van der Waals surface area contributed by atoms with Gasteiger partial charge in [0.15, 0.2) is 5.78 Å². The van der Waals surface area contributed by atoms with Crippen LogP contribution in [0.2, 0.25) is 0 Å². The molecule has 0 radical (unpaired) electrons. The average Bonchev–Trinajstić information content (AvgIpc) is 2.25. The third-order valence-electron chi connectivity index (χ3n) is 2.07. The monoisotopic (exact) mass is 221 g/mol. The molecular formula is C12H15NO3. The van der Waals surface area contributed by atoms with E-state index in [0.717, 1.165) is 0 Å². The summed E-state index contributed by atoms with van der Waals surface area (Å²) in [5.41, 5.74) is 1.17. The topological polar surface area (TPSA) is 66.4 Å². The molecule has 86 valence electrons. The zero-order chi connectivity index (χ0) is 12.0. The first-order valence-corrected chi connectivity index (χ1v) is 5.15. The number of ketones is 1. The Balaban J connectivity index is 2.73. The number of aliphatic hydroxyl groups excluding tert-OH is 1. The van der Waals surface area contributed by atoms with Crippen molar-refractivity contribution in [2.75, 3.05) is 11.9 Å². The molecule has 0 fully saturated rings. The molecule has 4 nitrogen and oxygen atoms in total. The molecule has 0 aromatic heterocycles. The summed E-state index contributed by atoms with van der Waals surface area (Å²) in [7, 11) is 0. The number of rotatable bonds is 5. The first kappa shape index (κ1) is 12.4. The van der Waals surface area contributed by atoms with Gasteiger partial charge in [-0.05, 0) is 18.6 Å². The molecule has 2 N–H and O–H groups in total. The molecule has 0 atom stereocenters. The molecule has 0 unspecified atom stereocenters. The quantitative estimate of drug-likeness (QED) is 0.742. The van der Waals surface area contributed by atoms with Gasteiger partial charge in [-0.3, -0.25) is 9.59 Å². The highest BCUT2D eigenvalue weighted by Crippen LogP contribution is 2.12. The Morgan fingerprint density at radius 2 is 2.12 bits per heavy atom. The van der Waals surface area contributed by atoms with Crippen molar-refractivity contribution in [2.45, 2.75) is 19.8 Å². The number of hydrogen-bond acceptors (Lipinski definition) is 3. The number of aliphatic hydroxyl groups is 1. The second-order valence-electron chi connectivity index (χ2n) is 3.51. The van der Waals surface area contributed by atoms with Crippen LogP contribution in [0.4, 0.5) is 5.69 Å². The van der Waals surface area contributed by atoms with E-state index < -0.39 is 0 Å². The molecule has 0 saturated heterocycles. The third kappa shape index (κ3) is 3.82. The summed E-state index contributed by atoms with van der Waals surface area (Å²) in [5.74, 6) is -0.193. The fourth-order valence-corrected chi connectivity index (χ4v) is 1.36. The number of nitrogens with one attached hydrogen (secondary N) is 1. The van der Waals surface area contributed by atoms with Gasteiger partial charge in [-0.1, -0.05) is 12.1 Å². The predicted octanol–water partition coefficient (Wildman–Crippen LogP) is 1.60. The van der Waals surface area contributed by atoms with Gasteiger partial charge < -0.3 is 10.4 Å². The Morgan fingerprint density at radius 3 is 2.75 bits per heavy atom. The third-order valence-corrected chi connectivity index (χ3v) is 2.07. The summed E-state index contributed by atoms with van der Waals surface area (Å²) in [6.45, 7) is 1.43. The summed E-state index contributed by atoms with van der Waals surface area (Å²) >= 11 is 0. The van der Waals surface area contributed by atoms with Gasteiger partial charge in [-0.25, -0.2) is 0 Å². The summed E-state index contributed by atoms with van der Waals surface area (Å²) in [6.07, 6.45) is 0.781. The maximum atomic E-state index is 11.6. The van der Waals surface area contributed by atoms with Crippen LogP contribution < -0.4 is 5.32 Å². The Bertz CT molecular complexity index is 388. The summed E-state index contributed by atoms with van der Waals surface area (Å²) < 4.78 is 0. The number of anilines is 1. The van der Waals surface area contributed by atoms with E-state index in [4.69, 9.17) is 5.11 Å². The van der Waals surface area contributed by atoms with Crippen LogP contribution in [-0.2, 0) is 4.79 Å². The number of hydrogen-bond donors (Lipinski definition) is 2. The second kappa shape index (κ2) is 6.02. The molecule has 0 bridgehead atoms. The van der Waals surface area contributed by atoms with Crippen molar-refractivity contribution in [2.24, 2.45) is 0 Å². The fraction of sp³-hybridized carbons (Fsp3) is 0.333. The Labute approximate surface area is 94.3 Å². The highest BCUT2D eigenvalue weighted by molar-refractivity contribution is 5.98. The molecule has 1 aromatic carbocycles. The van der Waals surface area contributed by atoms with Crippen LogP contribution in [0.15, 0.2) is 24.3 Å². The molecule has 1 amide bonds. The van der Waals surface area contributed by atoms with E-state index in [0.29, 0.717) is 24.1 Å². The zero-order valence-electron chi connectivity index (χ0n) is 9.19. The summed E-state index contributed by atoms with van der Waals surface area (Å²) in [5, 5.41) is 11.2. The first-order valence-electron chi connectivity index (χ1n) is 5.15. The predicted molar refractivity (Wildman–Crippen MR) is 61.4 cm³/mol. The van der Waals surface area contributed by atoms with Crippen molar-refractivity contribution < 1.29 is 14.7 Å². The van der Waals surface area contributed by atoms with Gasteiger partial charge in [-0.2, -0.15) is 0 Å². The largest absolute Gasteiger partial charge is 0.396 e. The number of carbonyl (C=O) groups excluding carboxylic acids is 2. The Kier molecular flexibility index (Phi) is 4.66. The number of benzene rings is 1. The van der Waals surface area contributed by atoms with E-state index in [-0.39, 0.29) is 18.3 Å². The van der Waals surface area contributed by atoms with Gasteiger partial charge in [-0.15, -0.1) is 0 Å². The standard InChI is InChI=1S/C12H15NO3/c1-9(15)13-11-5-2-4-10(8-11)12(16)6-3-7-14/h2,4-5,8,14H,3,6-7H2,1H3,(H,13,15). The number of amides is 1. The zero-order valence-corrected chi connectivity index (χ0v) is 9.19. The SMILES string of the molecule is CC(=O)Nc1cccc(C(=O)CCCO)c1. The molecule has 0 saturated carbocycles. The molecule has 0 heterocycles. The molecule has 0 spiro atoms. The highest BCUT2D eigenvalue weighted by atomic mass is 16.3. The minimum absolute atomic E-state index is 0.0110. The van der Waals surface area contributed by atoms with Crippen molar-refractivity contribution in [1.29, 1.82) is 0 Å². The molecule has 1 rings (SSSR count). The average molecular weight is 221 g/mol. The number of Topliss-reactive ketones (excluding diaryl/α,β-unsaturated/α-hetero) is 1. The molecule has 4 heteroatoms. The van der Waals surface area contributed by atoms with Crippen LogP contribution in [0.5, 0.6) is 0 Å². The summed E-state index contributed by atoms with van der Waals surface area (Å²) in [6, 6.07) is 6.79. The minimum atomic E-state index is -0.167. The van der Waals surface area contributed by atoms with E-state index >= 15 is 0 Å². The molecule has 1 aromatic rings. The van der Waals surface area contributed by atoms with Crippen molar-refractivity contribution in [1.82, 2.24) is 0 Å². The van der Waals surface area contributed by atoms with Gasteiger partial charge in [0.1, 0.15) is 0 Å². The lowest BCUT2D eigenvalue weighted by atomic mass is 10.1. The van der Waals surface area contributed by atoms with Gasteiger partial charge in [0.2, 0.25) is 5.91 Å². The molecular weight excluding hydrogens is 206 g/mol. The lowest BCUT2D eigenvalue weighted by Crippen LogP contribution is -2.07. The van der Waals surface area contributed by atoms with Gasteiger partial charge in [0.05, 0.1) is 0 Å². The molecule has 0 aliphatic heterocycles. The minimum Gasteiger partial charge on any atom is -0.396 e. The van der Waals surface area contributed by atoms with Gasteiger partial charge >= 0.3 is 0 Å². The Morgan fingerprint density at radius 1 is 1.38 bits per heavy atom. The van der Waals surface area contributed by atoms with Crippen LogP contribution in [0.1, 0.15) is 30.1 Å². The highest BCUT2D eigenvalue weighted by Gasteiger charge is 2.06. The maximum absolute atomic E-state index is 11.6. The van der Waals surface area contributed by atoms with Crippen molar-refractivity contribution >= 4 is 17.4 Å². The van der Waals surface area contributed by atoms with E-state index in [2.05, 4.69) is 5.32 Å². The van der Waals surface area contributed by atoms with E-state index in [1.807, 2.05) is 0 Å². The van der Waals surface area contributed by atoms with Crippen LogP contribution in [0, 0.1) is 0 Å².